The molecule has 0 spiro atoms. The molecule has 158 valence electrons. The summed E-state index contributed by atoms with van der Waals surface area (Å²) in [5.41, 5.74) is 3.26. The Balaban J connectivity index is 2.18. The van der Waals surface area contributed by atoms with E-state index in [1.165, 1.54) is 18.4 Å². The summed E-state index contributed by atoms with van der Waals surface area (Å²) >= 11 is 0. The largest absolute Gasteiger partial charge is 0.480 e. The predicted octanol–water partition coefficient (Wildman–Crippen LogP) is 3.86. The van der Waals surface area contributed by atoms with E-state index in [4.69, 9.17) is 4.74 Å². The molecule has 29 heavy (non-hydrogen) atoms. The molecule has 1 fully saturated rings. The molecular weight excluding hydrogens is 370 g/mol. The van der Waals surface area contributed by atoms with Gasteiger partial charge in [-0.3, -0.25) is 9.59 Å². The van der Waals surface area contributed by atoms with E-state index in [9.17, 15) is 19.5 Å². The van der Waals surface area contributed by atoms with E-state index in [0.29, 0.717) is 5.56 Å². The third-order valence-corrected chi connectivity index (χ3v) is 6.65. The molecule has 1 saturated carbocycles. The standard InChI is InChI=1S/C23H31NO5/c1-14-19-16(11-24(20(14)27)12-18(25)26)15(21(28)29-5)7-8-17(19)23(4)10-6-9-22(2,3)13-23/h7-8,14H,6,9-13H2,1-5H3,(H,25,26)/t14-,23+/m1/s1. The van der Waals surface area contributed by atoms with Gasteiger partial charge in [-0.2, -0.15) is 0 Å². The van der Waals surface area contributed by atoms with Gasteiger partial charge in [-0.1, -0.05) is 33.3 Å². The second-order valence-corrected chi connectivity index (χ2v) is 9.61. The van der Waals surface area contributed by atoms with E-state index >= 15 is 0 Å². The van der Waals surface area contributed by atoms with Crippen LogP contribution in [-0.2, 0) is 26.3 Å². The first-order chi connectivity index (χ1) is 13.5. The Hall–Kier alpha value is -2.37. The third kappa shape index (κ3) is 3.89. The number of carbonyl (C=O) groups is 3. The van der Waals surface area contributed by atoms with Crippen molar-refractivity contribution in [3.05, 3.63) is 34.4 Å². The summed E-state index contributed by atoms with van der Waals surface area (Å²) < 4.78 is 4.97. The number of aliphatic carboxylic acids is 1. The first-order valence-electron chi connectivity index (χ1n) is 10.2. The molecule has 0 bridgehead atoms. The van der Waals surface area contributed by atoms with Crippen molar-refractivity contribution in [1.29, 1.82) is 0 Å². The van der Waals surface area contributed by atoms with Gasteiger partial charge in [0.05, 0.1) is 18.6 Å². The monoisotopic (exact) mass is 401 g/mol. The molecule has 1 amide bonds. The van der Waals surface area contributed by atoms with E-state index < -0.39 is 17.9 Å². The molecule has 1 aliphatic carbocycles. The van der Waals surface area contributed by atoms with E-state index in [0.717, 1.165) is 36.0 Å². The van der Waals surface area contributed by atoms with Gasteiger partial charge in [0.1, 0.15) is 6.54 Å². The molecule has 2 aliphatic rings. The number of amides is 1. The summed E-state index contributed by atoms with van der Waals surface area (Å²) in [7, 11) is 1.33. The lowest BCUT2D eigenvalue weighted by Crippen LogP contribution is -2.44. The number of esters is 1. The highest BCUT2D eigenvalue weighted by Gasteiger charge is 2.43. The first-order valence-corrected chi connectivity index (χ1v) is 10.2. The molecular formula is C23H31NO5. The molecule has 1 heterocycles. The smallest absolute Gasteiger partial charge is 0.338 e. The summed E-state index contributed by atoms with van der Waals surface area (Å²) in [6, 6.07) is 3.78. The number of rotatable bonds is 4. The van der Waals surface area contributed by atoms with Crippen molar-refractivity contribution in [2.45, 2.75) is 71.3 Å². The zero-order valence-corrected chi connectivity index (χ0v) is 18.0. The van der Waals surface area contributed by atoms with Gasteiger partial charge in [-0.15, -0.1) is 0 Å². The van der Waals surface area contributed by atoms with Crippen LogP contribution in [0.2, 0.25) is 0 Å². The minimum Gasteiger partial charge on any atom is -0.480 e. The van der Waals surface area contributed by atoms with E-state index in [-0.39, 0.29) is 29.8 Å². The maximum absolute atomic E-state index is 13.0. The third-order valence-electron chi connectivity index (χ3n) is 6.65. The SMILES string of the molecule is COC(=O)c1ccc([C@@]2(C)CCCC(C)(C)C2)c2c1CN(CC(=O)O)C(=O)[C@@H]2C. The lowest BCUT2D eigenvalue weighted by atomic mass is 9.60. The topological polar surface area (TPSA) is 83.9 Å². The summed E-state index contributed by atoms with van der Waals surface area (Å²) in [5, 5.41) is 9.21. The lowest BCUT2D eigenvalue weighted by molar-refractivity contribution is -0.146. The number of ether oxygens (including phenoxy) is 1. The number of benzene rings is 1. The maximum atomic E-state index is 13.0. The van der Waals surface area contributed by atoms with E-state index in [2.05, 4.69) is 20.8 Å². The Morgan fingerprint density at radius 1 is 1.24 bits per heavy atom. The maximum Gasteiger partial charge on any atom is 0.338 e. The van der Waals surface area contributed by atoms with Crippen molar-refractivity contribution in [1.82, 2.24) is 4.90 Å². The first kappa shape index (κ1) is 21.3. The number of carboxylic acids is 1. The molecule has 0 unspecified atom stereocenters. The van der Waals surface area contributed by atoms with Crippen molar-refractivity contribution in [3.8, 4) is 0 Å². The van der Waals surface area contributed by atoms with Gasteiger partial charge in [0.25, 0.3) is 0 Å². The van der Waals surface area contributed by atoms with Crippen LogP contribution in [0.1, 0.15) is 86.3 Å². The van der Waals surface area contributed by atoms with Gasteiger partial charge in [0.15, 0.2) is 0 Å². The molecule has 1 aromatic rings. The fourth-order valence-corrected chi connectivity index (χ4v) is 5.54. The van der Waals surface area contributed by atoms with Gasteiger partial charge < -0.3 is 14.7 Å². The number of carbonyl (C=O) groups excluding carboxylic acids is 2. The second kappa shape index (κ2) is 7.47. The van der Waals surface area contributed by atoms with Crippen molar-refractivity contribution in [3.63, 3.8) is 0 Å². The number of hydrogen-bond acceptors (Lipinski definition) is 4. The molecule has 1 aromatic carbocycles. The molecule has 6 heteroatoms. The van der Waals surface area contributed by atoms with Crippen molar-refractivity contribution in [2.75, 3.05) is 13.7 Å². The number of hydrogen-bond donors (Lipinski definition) is 1. The average molecular weight is 402 g/mol. The molecule has 1 N–H and O–H groups in total. The summed E-state index contributed by atoms with van der Waals surface area (Å²) in [4.78, 5) is 38.0. The van der Waals surface area contributed by atoms with Gasteiger partial charge in [-0.05, 0) is 59.8 Å². The molecule has 2 atom stereocenters. The predicted molar refractivity (Wildman–Crippen MR) is 109 cm³/mol. The Bertz CT molecular complexity index is 859. The molecule has 0 saturated heterocycles. The van der Waals surface area contributed by atoms with Crippen LogP contribution in [0.25, 0.3) is 0 Å². The highest BCUT2D eigenvalue weighted by atomic mass is 16.5. The number of nitrogens with zero attached hydrogens (tertiary/aromatic N) is 1. The van der Waals surface area contributed by atoms with E-state index in [1.54, 1.807) is 6.07 Å². The highest BCUT2D eigenvalue weighted by Crippen LogP contribution is 2.50. The second-order valence-electron chi connectivity index (χ2n) is 9.61. The zero-order chi connectivity index (χ0) is 21.6. The van der Waals surface area contributed by atoms with Crippen LogP contribution in [0.15, 0.2) is 12.1 Å². The molecule has 6 nitrogen and oxygen atoms in total. The molecule has 0 radical (unpaired) electrons. The minimum absolute atomic E-state index is 0.0933. The Labute approximate surface area is 172 Å². The van der Waals surface area contributed by atoms with Gasteiger partial charge in [0.2, 0.25) is 5.91 Å². The fourth-order valence-electron chi connectivity index (χ4n) is 5.54. The zero-order valence-electron chi connectivity index (χ0n) is 18.0. The highest BCUT2D eigenvalue weighted by molar-refractivity contribution is 5.95. The minimum atomic E-state index is -1.06. The van der Waals surface area contributed by atoms with E-state index in [1.807, 2.05) is 13.0 Å². The number of carboxylic acid groups (broad SMARTS) is 1. The molecule has 0 aromatic heterocycles. The van der Waals surface area contributed by atoms with Crippen LogP contribution in [0.3, 0.4) is 0 Å². The lowest BCUT2D eigenvalue weighted by Gasteiger charge is -2.46. The van der Waals surface area contributed by atoms with Crippen LogP contribution in [0.4, 0.5) is 0 Å². The molecule has 1 aliphatic heterocycles. The number of fused-ring (bicyclic) bond motifs is 1. The fraction of sp³-hybridized carbons (Fsp3) is 0.609. The quantitative estimate of drug-likeness (QED) is 0.775. The van der Waals surface area contributed by atoms with Gasteiger partial charge in [0, 0.05) is 6.54 Å². The van der Waals surface area contributed by atoms with Crippen molar-refractivity contribution >= 4 is 17.8 Å². The van der Waals surface area contributed by atoms with Crippen LogP contribution < -0.4 is 0 Å². The molecule has 3 rings (SSSR count). The summed E-state index contributed by atoms with van der Waals surface area (Å²) in [6.07, 6.45) is 4.32. The van der Waals surface area contributed by atoms with Gasteiger partial charge >= 0.3 is 11.9 Å². The van der Waals surface area contributed by atoms with Crippen LogP contribution >= 0.6 is 0 Å². The van der Waals surface area contributed by atoms with Gasteiger partial charge in [-0.25, -0.2) is 4.79 Å². The Morgan fingerprint density at radius 2 is 1.93 bits per heavy atom. The van der Waals surface area contributed by atoms with Crippen LogP contribution in [0.5, 0.6) is 0 Å². The van der Waals surface area contributed by atoms with Crippen LogP contribution in [0, 0.1) is 5.41 Å². The average Bonchev–Trinajstić information content (AvgIpc) is 2.63. The number of methoxy groups -OCH3 is 1. The normalized spacial score (nSPS) is 26.0. The Morgan fingerprint density at radius 3 is 2.52 bits per heavy atom. The Kier molecular flexibility index (Phi) is 5.50. The van der Waals surface area contributed by atoms with Crippen LogP contribution in [-0.4, -0.2) is 41.5 Å². The summed E-state index contributed by atoms with van der Waals surface area (Å²) in [6.45, 7) is 8.37. The summed E-state index contributed by atoms with van der Waals surface area (Å²) in [5.74, 6) is -2.23. The van der Waals surface area contributed by atoms with Crippen molar-refractivity contribution < 1.29 is 24.2 Å². The van der Waals surface area contributed by atoms with Crippen molar-refractivity contribution in [2.24, 2.45) is 5.41 Å².